The van der Waals surface area contributed by atoms with Crippen molar-refractivity contribution >= 4 is 13.2 Å². The summed E-state index contributed by atoms with van der Waals surface area (Å²) in [6.45, 7) is 9.53. The van der Waals surface area contributed by atoms with Crippen molar-refractivity contribution in [3.63, 3.8) is 0 Å². The predicted molar refractivity (Wildman–Crippen MR) is 125 cm³/mol. The molecule has 0 atom stereocenters. The number of likely N-dealkylation sites (N-methyl/N-ethyl adjacent to an activating group) is 1. The van der Waals surface area contributed by atoms with E-state index in [-0.39, 0.29) is 28.0 Å². The molecule has 1 nitrogen and oxygen atoms in total. The number of fused-ring (bicyclic) bond motifs is 1. The van der Waals surface area contributed by atoms with Crippen LogP contribution < -0.4 is 0 Å². The van der Waals surface area contributed by atoms with Gasteiger partial charge in [0, 0.05) is 51.6 Å². The average Bonchev–Trinajstić information content (AvgIpc) is 2.94. The van der Waals surface area contributed by atoms with Crippen molar-refractivity contribution in [3.8, 4) is 0 Å². The van der Waals surface area contributed by atoms with Crippen LogP contribution in [0.15, 0.2) is 54.3 Å². The number of allylic oxidation sites excluding steroid dienone is 5. The standard InChI is InChI=1S/C17H26NP.C8H12.Ir/c1-12(2)19(13(3)4)17-15-10-8-7-9-14(15)11-16(17)18(5)6;1-2-4-6-8-7-5-3-1;/h7-10,12-13H,11H2,1-6H3;1-2,7-8H,3-6H2;/b;2-1-,8-7?;. The summed E-state index contributed by atoms with van der Waals surface area (Å²) >= 11 is 0. The molecule has 0 aromatic heterocycles. The smallest absolute Gasteiger partial charge is 0.0257 e. The number of rotatable bonds is 4. The summed E-state index contributed by atoms with van der Waals surface area (Å²) in [6.07, 6.45) is 15.1. The number of benzene rings is 1. The maximum Gasteiger partial charge on any atom is 0.0257 e. The molecule has 157 valence electrons. The first-order chi connectivity index (χ1) is 12.9. The van der Waals surface area contributed by atoms with Crippen molar-refractivity contribution in [3.05, 3.63) is 65.4 Å². The molecule has 3 heteroatoms. The van der Waals surface area contributed by atoms with E-state index in [1.165, 1.54) is 42.5 Å². The molecular weight excluding hydrogens is 537 g/mol. The molecule has 2 aliphatic rings. The first-order valence-corrected chi connectivity index (χ1v) is 12.0. The van der Waals surface area contributed by atoms with E-state index in [1.807, 2.05) is 0 Å². The molecule has 0 fully saturated rings. The van der Waals surface area contributed by atoms with Gasteiger partial charge in [0.05, 0.1) is 0 Å². The number of hydrogen-bond acceptors (Lipinski definition) is 1. The molecule has 0 spiro atoms. The second kappa shape index (κ2) is 12.8. The molecule has 3 rings (SSSR count). The zero-order chi connectivity index (χ0) is 19.8. The van der Waals surface area contributed by atoms with E-state index in [9.17, 15) is 0 Å². The maximum absolute atomic E-state index is 2.38. The molecule has 1 aromatic carbocycles. The van der Waals surface area contributed by atoms with Gasteiger partial charge in [0.1, 0.15) is 0 Å². The van der Waals surface area contributed by atoms with Crippen LogP contribution in [0.2, 0.25) is 0 Å². The predicted octanol–water partition coefficient (Wildman–Crippen LogP) is 7.44. The molecule has 0 unspecified atom stereocenters. The molecule has 0 saturated heterocycles. The quantitative estimate of drug-likeness (QED) is 0.266. The Morgan fingerprint density at radius 1 is 0.786 bits per heavy atom. The fourth-order valence-corrected chi connectivity index (χ4v) is 7.25. The van der Waals surface area contributed by atoms with Crippen molar-refractivity contribution < 1.29 is 20.1 Å². The topological polar surface area (TPSA) is 3.24 Å². The molecule has 1 radical (unpaired) electrons. The van der Waals surface area contributed by atoms with Crippen LogP contribution in [-0.2, 0) is 26.5 Å². The second-order valence-electron chi connectivity index (χ2n) is 8.22. The third kappa shape index (κ3) is 6.98. The van der Waals surface area contributed by atoms with E-state index in [4.69, 9.17) is 0 Å². The minimum absolute atomic E-state index is 0. The first kappa shape index (κ1) is 25.4. The molecule has 2 aliphatic carbocycles. The second-order valence-corrected chi connectivity index (χ2v) is 11.5. The molecule has 0 saturated carbocycles. The van der Waals surface area contributed by atoms with Crippen molar-refractivity contribution in [1.29, 1.82) is 0 Å². The van der Waals surface area contributed by atoms with E-state index in [2.05, 4.69) is 95.3 Å². The Morgan fingerprint density at radius 3 is 1.68 bits per heavy atom. The fourth-order valence-electron chi connectivity index (χ4n) is 3.95. The molecular formula is C25H38IrNP. The molecule has 1 aromatic rings. The molecule has 28 heavy (non-hydrogen) atoms. The summed E-state index contributed by atoms with van der Waals surface area (Å²) in [7, 11) is 4.28. The Labute approximate surface area is 188 Å². The van der Waals surface area contributed by atoms with Crippen LogP contribution in [0.4, 0.5) is 0 Å². The van der Waals surface area contributed by atoms with Gasteiger partial charge in [-0.15, -0.1) is 0 Å². The Bertz CT molecular complexity index is 652. The van der Waals surface area contributed by atoms with Gasteiger partial charge in [-0.2, -0.15) is 0 Å². The first-order valence-electron chi connectivity index (χ1n) is 10.5. The van der Waals surface area contributed by atoms with Crippen molar-refractivity contribution in [1.82, 2.24) is 4.90 Å². The third-order valence-electron chi connectivity index (χ3n) is 5.15. The van der Waals surface area contributed by atoms with Crippen molar-refractivity contribution in [2.75, 3.05) is 14.1 Å². The summed E-state index contributed by atoms with van der Waals surface area (Å²) in [5, 5.41) is 1.65. The van der Waals surface area contributed by atoms with Crippen LogP contribution in [-0.4, -0.2) is 30.3 Å². The van der Waals surface area contributed by atoms with E-state index >= 15 is 0 Å². The monoisotopic (exact) mass is 576 g/mol. The summed E-state index contributed by atoms with van der Waals surface area (Å²) in [5.74, 6) is 0. The SMILES string of the molecule is C1=CCC/C=C\CC1.CC(C)P(C1=C(N(C)C)Cc2ccccc21)C(C)C.[Ir]. The van der Waals surface area contributed by atoms with E-state index in [0.717, 1.165) is 17.7 Å². The van der Waals surface area contributed by atoms with Gasteiger partial charge < -0.3 is 4.90 Å². The third-order valence-corrected chi connectivity index (χ3v) is 8.39. The van der Waals surface area contributed by atoms with Gasteiger partial charge in [0.15, 0.2) is 0 Å². The van der Waals surface area contributed by atoms with Gasteiger partial charge >= 0.3 is 0 Å². The fraction of sp³-hybridized carbons (Fsp3) is 0.520. The van der Waals surface area contributed by atoms with Crippen LogP contribution in [0.3, 0.4) is 0 Å². The van der Waals surface area contributed by atoms with Crippen LogP contribution in [0.5, 0.6) is 0 Å². The van der Waals surface area contributed by atoms with Gasteiger partial charge in [-0.3, -0.25) is 0 Å². The van der Waals surface area contributed by atoms with Gasteiger partial charge in [-0.1, -0.05) is 84.2 Å². The van der Waals surface area contributed by atoms with Crippen LogP contribution in [0.1, 0.15) is 64.5 Å². The van der Waals surface area contributed by atoms with Crippen molar-refractivity contribution in [2.45, 2.75) is 71.1 Å². The summed E-state index contributed by atoms with van der Waals surface area (Å²) in [6, 6.07) is 8.97. The molecule has 0 aliphatic heterocycles. The van der Waals surface area contributed by atoms with E-state index < -0.39 is 0 Å². The summed E-state index contributed by atoms with van der Waals surface area (Å²) < 4.78 is 0. The van der Waals surface area contributed by atoms with Crippen LogP contribution in [0, 0.1) is 0 Å². The Balaban J connectivity index is 0.000000367. The largest absolute Gasteiger partial charge is 0.380 e. The Morgan fingerprint density at radius 2 is 1.25 bits per heavy atom. The Kier molecular flexibility index (Phi) is 11.6. The van der Waals surface area contributed by atoms with Crippen molar-refractivity contribution in [2.24, 2.45) is 0 Å². The van der Waals surface area contributed by atoms with Gasteiger partial charge in [0.25, 0.3) is 0 Å². The van der Waals surface area contributed by atoms with Crippen LogP contribution >= 0.6 is 7.92 Å². The molecule has 0 heterocycles. The minimum atomic E-state index is -0.100. The van der Waals surface area contributed by atoms with E-state index in [1.54, 1.807) is 5.31 Å². The zero-order valence-electron chi connectivity index (χ0n) is 18.5. The molecule has 0 amide bonds. The average molecular weight is 576 g/mol. The number of nitrogens with zero attached hydrogens (tertiary/aromatic N) is 1. The minimum Gasteiger partial charge on any atom is -0.380 e. The molecule has 0 N–H and O–H groups in total. The Hall–Kier alpha value is -0.681. The maximum atomic E-state index is 2.38. The van der Waals surface area contributed by atoms with Crippen LogP contribution in [0.25, 0.3) is 5.31 Å². The van der Waals surface area contributed by atoms with E-state index in [0.29, 0.717) is 0 Å². The number of hydrogen-bond donors (Lipinski definition) is 0. The summed E-state index contributed by atoms with van der Waals surface area (Å²) in [4.78, 5) is 2.33. The van der Waals surface area contributed by atoms with Gasteiger partial charge in [-0.25, -0.2) is 0 Å². The zero-order valence-corrected chi connectivity index (χ0v) is 21.8. The van der Waals surface area contributed by atoms with Gasteiger partial charge in [-0.05, 0) is 48.1 Å². The van der Waals surface area contributed by atoms with Gasteiger partial charge in [0.2, 0.25) is 0 Å². The molecule has 0 bridgehead atoms. The normalized spacial score (nSPS) is 16.9. The summed E-state index contributed by atoms with van der Waals surface area (Å²) in [5.41, 5.74) is 6.04.